The number of aromatic hydroxyl groups is 1. The van der Waals surface area contributed by atoms with E-state index in [1.807, 2.05) is 13.0 Å². The summed E-state index contributed by atoms with van der Waals surface area (Å²) >= 11 is 6.20. The Kier molecular flexibility index (Phi) is 9.58. The Balaban J connectivity index is 1.62. The largest absolute Gasteiger partial charge is 0.508 e. The number of carbonyl (C=O) groups is 2. The molecule has 1 heterocycles. The van der Waals surface area contributed by atoms with Crippen LogP contribution in [-0.2, 0) is 21.9 Å². The fourth-order valence-corrected chi connectivity index (χ4v) is 6.35. The smallest absolute Gasteiger partial charge is 0.416 e. The highest BCUT2D eigenvalue weighted by atomic mass is 35.5. The SMILES string of the molecule is CC/C(=C\c1ccc(O)cc1Cl)CC[C@@H](O)C1=C(C)C[C@H]2C(=O)N(c3cc(C(F)(F)F)cc(C(F)(F)F)c3)C(=O)[C@H]2[C@H]1CO. The molecule has 0 aromatic heterocycles. The van der Waals surface area contributed by atoms with Crippen LogP contribution in [0.2, 0.25) is 5.02 Å². The van der Waals surface area contributed by atoms with E-state index in [-0.39, 0.29) is 24.7 Å². The number of allylic oxidation sites excluding steroid dienone is 2. The molecule has 4 atom stereocenters. The van der Waals surface area contributed by atoms with Crippen LogP contribution in [0.4, 0.5) is 32.0 Å². The minimum Gasteiger partial charge on any atom is -0.508 e. The van der Waals surface area contributed by atoms with E-state index in [2.05, 4.69) is 0 Å². The summed E-state index contributed by atoms with van der Waals surface area (Å²) in [6, 6.07) is 5.06. The summed E-state index contributed by atoms with van der Waals surface area (Å²) in [5, 5.41) is 31.5. The number of aliphatic hydroxyl groups excluding tert-OH is 2. The molecular weight excluding hydrogens is 616 g/mol. The van der Waals surface area contributed by atoms with Gasteiger partial charge in [-0.3, -0.25) is 9.59 Å². The summed E-state index contributed by atoms with van der Waals surface area (Å²) in [4.78, 5) is 27.3. The van der Waals surface area contributed by atoms with Crippen LogP contribution in [0.3, 0.4) is 0 Å². The minimum atomic E-state index is -5.18. The first-order chi connectivity index (χ1) is 20.5. The average molecular weight is 646 g/mol. The monoisotopic (exact) mass is 645 g/mol. The van der Waals surface area contributed by atoms with Crippen LogP contribution in [0, 0.1) is 17.8 Å². The molecule has 4 rings (SSSR count). The second-order valence-corrected chi connectivity index (χ2v) is 11.5. The second kappa shape index (κ2) is 12.6. The van der Waals surface area contributed by atoms with E-state index >= 15 is 0 Å². The number of aliphatic hydroxyl groups is 2. The van der Waals surface area contributed by atoms with Crippen LogP contribution in [-0.4, -0.2) is 39.8 Å². The van der Waals surface area contributed by atoms with Crippen molar-refractivity contribution in [3.8, 4) is 5.75 Å². The highest BCUT2D eigenvalue weighted by molar-refractivity contribution is 6.32. The molecule has 2 aromatic carbocycles. The second-order valence-electron chi connectivity index (χ2n) is 11.1. The Hall–Kier alpha value is -3.35. The number of hydrogen-bond donors (Lipinski definition) is 3. The van der Waals surface area contributed by atoms with Crippen LogP contribution in [0.1, 0.15) is 56.2 Å². The van der Waals surface area contributed by atoms with Gasteiger partial charge in [-0.15, -0.1) is 0 Å². The fraction of sp³-hybridized carbons (Fsp3) is 0.419. The lowest BCUT2D eigenvalue weighted by atomic mass is 9.68. The first kappa shape index (κ1) is 33.5. The molecule has 6 nitrogen and oxygen atoms in total. The van der Waals surface area contributed by atoms with Gasteiger partial charge in [-0.2, -0.15) is 26.3 Å². The zero-order valence-electron chi connectivity index (χ0n) is 23.6. The van der Waals surface area contributed by atoms with Gasteiger partial charge in [-0.05, 0) is 80.1 Å². The lowest BCUT2D eigenvalue weighted by Crippen LogP contribution is -2.38. The molecule has 0 spiro atoms. The fourth-order valence-electron chi connectivity index (χ4n) is 6.12. The third kappa shape index (κ3) is 6.67. The molecule has 1 aliphatic heterocycles. The van der Waals surface area contributed by atoms with Crippen molar-refractivity contribution in [1.29, 1.82) is 0 Å². The van der Waals surface area contributed by atoms with Gasteiger partial charge in [0.2, 0.25) is 11.8 Å². The number of imide groups is 1. The van der Waals surface area contributed by atoms with E-state index in [1.165, 1.54) is 12.1 Å². The summed E-state index contributed by atoms with van der Waals surface area (Å²) in [6.45, 7) is 2.82. The third-order valence-corrected chi connectivity index (χ3v) is 8.58. The van der Waals surface area contributed by atoms with Crippen molar-refractivity contribution in [2.75, 3.05) is 11.5 Å². The molecular formula is C31H30ClF6NO5. The molecule has 1 aliphatic carbocycles. The third-order valence-electron chi connectivity index (χ3n) is 8.25. The Morgan fingerprint density at radius 1 is 1.05 bits per heavy atom. The van der Waals surface area contributed by atoms with Crippen molar-refractivity contribution < 1.29 is 51.3 Å². The van der Waals surface area contributed by atoms with Gasteiger partial charge in [-0.1, -0.05) is 35.7 Å². The van der Waals surface area contributed by atoms with Crippen LogP contribution >= 0.6 is 11.6 Å². The number of halogens is 7. The van der Waals surface area contributed by atoms with Gasteiger partial charge in [0.25, 0.3) is 0 Å². The molecule has 1 saturated heterocycles. The molecule has 3 N–H and O–H groups in total. The molecule has 0 unspecified atom stereocenters. The molecule has 1 fully saturated rings. The van der Waals surface area contributed by atoms with Gasteiger partial charge in [0.1, 0.15) is 5.75 Å². The number of carbonyl (C=O) groups excluding carboxylic acids is 2. The molecule has 0 bridgehead atoms. The summed E-state index contributed by atoms with van der Waals surface area (Å²) in [6.07, 6.45) is -8.66. The lowest BCUT2D eigenvalue weighted by Gasteiger charge is -2.35. The summed E-state index contributed by atoms with van der Waals surface area (Å²) in [7, 11) is 0. The van der Waals surface area contributed by atoms with Crippen molar-refractivity contribution in [3.05, 3.63) is 74.8 Å². The van der Waals surface area contributed by atoms with Gasteiger partial charge in [0.05, 0.1) is 46.4 Å². The van der Waals surface area contributed by atoms with Crippen LogP contribution in [0.15, 0.2) is 53.1 Å². The van der Waals surface area contributed by atoms with Gasteiger partial charge < -0.3 is 15.3 Å². The number of phenolic OH excluding ortho intramolecular Hbond substituents is 1. The number of anilines is 1. The molecule has 0 saturated carbocycles. The highest BCUT2D eigenvalue weighted by Crippen LogP contribution is 2.48. The van der Waals surface area contributed by atoms with Crippen molar-refractivity contribution >= 4 is 35.2 Å². The normalized spacial score (nSPS) is 22.1. The standard InChI is InChI=1S/C31H30ClF6NO5/c1-3-16(9-17-5-6-21(41)13-24(17)32)4-7-25(42)26-15(2)8-22-27(23(26)14-40)29(44)39(28(22)43)20-11-18(30(33,34)35)10-19(12-20)31(36,37)38/h5-6,9-13,22-23,25,27,40-42H,3-4,7-8,14H2,1-2H3/b16-9+/t22-,23+,25-,27-/m1/s1. The first-order valence-electron chi connectivity index (χ1n) is 13.8. The molecule has 238 valence electrons. The molecule has 44 heavy (non-hydrogen) atoms. The van der Waals surface area contributed by atoms with Crippen LogP contribution in [0.25, 0.3) is 6.08 Å². The zero-order valence-corrected chi connectivity index (χ0v) is 24.4. The number of alkyl halides is 6. The number of benzene rings is 2. The Bertz CT molecular complexity index is 1480. The van der Waals surface area contributed by atoms with Crippen molar-refractivity contribution in [2.24, 2.45) is 17.8 Å². The van der Waals surface area contributed by atoms with Crippen LogP contribution < -0.4 is 4.90 Å². The van der Waals surface area contributed by atoms with Gasteiger partial charge in [0.15, 0.2) is 0 Å². The first-order valence-corrected chi connectivity index (χ1v) is 14.2. The van der Waals surface area contributed by atoms with Gasteiger partial charge >= 0.3 is 12.4 Å². The molecule has 0 radical (unpaired) electrons. The topological polar surface area (TPSA) is 98.1 Å². The maximum absolute atomic E-state index is 13.6. The van der Waals surface area contributed by atoms with E-state index in [0.29, 0.717) is 51.6 Å². The van der Waals surface area contributed by atoms with Crippen molar-refractivity contribution in [2.45, 2.75) is 58.0 Å². The summed E-state index contributed by atoms with van der Waals surface area (Å²) in [5.41, 5.74) is -1.84. The van der Waals surface area contributed by atoms with E-state index in [9.17, 15) is 51.3 Å². The lowest BCUT2D eigenvalue weighted by molar-refractivity contribution is -0.143. The van der Waals surface area contributed by atoms with Gasteiger partial charge in [-0.25, -0.2) is 4.90 Å². The molecule has 2 amide bonds. The number of amides is 2. The Morgan fingerprint density at radius 3 is 2.18 bits per heavy atom. The maximum atomic E-state index is 13.6. The van der Waals surface area contributed by atoms with Gasteiger partial charge in [0, 0.05) is 5.92 Å². The predicted molar refractivity (Wildman–Crippen MR) is 150 cm³/mol. The van der Waals surface area contributed by atoms with E-state index in [0.717, 1.165) is 5.57 Å². The van der Waals surface area contributed by atoms with Crippen molar-refractivity contribution in [3.63, 3.8) is 0 Å². The number of nitrogens with zero attached hydrogens (tertiary/aromatic N) is 1. The molecule has 2 aliphatic rings. The molecule has 13 heteroatoms. The maximum Gasteiger partial charge on any atom is 0.416 e. The van der Waals surface area contributed by atoms with Crippen LogP contribution in [0.5, 0.6) is 5.75 Å². The quantitative estimate of drug-likeness (QED) is 0.161. The number of rotatable bonds is 8. The highest BCUT2D eigenvalue weighted by Gasteiger charge is 2.55. The number of hydrogen-bond acceptors (Lipinski definition) is 5. The molecule has 2 aromatic rings. The zero-order chi connectivity index (χ0) is 32.7. The summed E-state index contributed by atoms with van der Waals surface area (Å²) in [5.74, 6) is -5.52. The minimum absolute atomic E-state index is 0.000961. The summed E-state index contributed by atoms with van der Waals surface area (Å²) < 4.78 is 80.9. The Labute approximate surface area is 254 Å². The van der Waals surface area contributed by atoms with E-state index < -0.39 is 71.4 Å². The number of phenols is 1. The Morgan fingerprint density at radius 2 is 1.66 bits per heavy atom. The van der Waals surface area contributed by atoms with E-state index in [4.69, 9.17) is 11.6 Å². The van der Waals surface area contributed by atoms with E-state index in [1.54, 1.807) is 13.0 Å². The number of fused-ring (bicyclic) bond motifs is 1. The predicted octanol–water partition coefficient (Wildman–Crippen LogP) is 7.15. The average Bonchev–Trinajstić information content (AvgIpc) is 3.18. The van der Waals surface area contributed by atoms with Crippen molar-refractivity contribution in [1.82, 2.24) is 0 Å².